The van der Waals surface area contributed by atoms with E-state index in [2.05, 4.69) is 33.0 Å². The number of hydrogen-bond donors (Lipinski definition) is 1. The summed E-state index contributed by atoms with van der Waals surface area (Å²) < 4.78 is 13.1. The van der Waals surface area contributed by atoms with Gasteiger partial charge in [-0.2, -0.15) is 0 Å². The second-order valence-corrected chi connectivity index (χ2v) is 5.59. The average Bonchev–Trinajstić information content (AvgIpc) is 2.28. The maximum atomic E-state index is 13.1. The van der Waals surface area contributed by atoms with Gasteiger partial charge in [-0.15, -0.1) is 0 Å². The van der Waals surface area contributed by atoms with Crippen LogP contribution in [0.4, 0.5) is 4.39 Å². The molecule has 3 heteroatoms. The van der Waals surface area contributed by atoms with Crippen molar-refractivity contribution in [3.63, 3.8) is 0 Å². The van der Waals surface area contributed by atoms with Crippen LogP contribution in [0.1, 0.15) is 45.6 Å². The molecule has 1 N–H and O–H groups in total. The standard InChI is InChI=1S/C15H23ClFN/c1-5-8-18-15(10(2)3)11(4)13-7-6-12(17)9-14(13)16/h6-7,9-11,15,18H,5,8H2,1-4H3. The number of benzene rings is 1. The van der Waals surface area contributed by atoms with Gasteiger partial charge in [0.1, 0.15) is 5.82 Å². The molecule has 2 unspecified atom stereocenters. The van der Waals surface area contributed by atoms with Crippen LogP contribution >= 0.6 is 11.6 Å². The third-order valence-electron chi connectivity index (χ3n) is 3.34. The Kier molecular flexibility index (Phi) is 6.10. The molecule has 0 bridgehead atoms. The zero-order valence-electron chi connectivity index (χ0n) is 11.6. The molecule has 0 saturated carbocycles. The van der Waals surface area contributed by atoms with E-state index in [0.29, 0.717) is 17.0 Å². The summed E-state index contributed by atoms with van der Waals surface area (Å²) in [6.45, 7) is 9.68. The van der Waals surface area contributed by atoms with Crippen LogP contribution < -0.4 is 5.32 Å². The van der Waals surface area contributed by atoms with E-state index in [-0.39, 0.29) is 11.7 Å². The normalized spacial score (nSPS) is 14.8. The molecule has 0 saturated heterocycles. The fourth-order valence-corrected chi connectivity index (χ4v) is 2.70. The van der Waals surface area contributed by atoms with Gasteiger partial charge in [-0.1, -0.05) is 45.4 Å². The minimum absolute atomic E-state index is 0.268. The molecular weight excluding hydrogens is 249 g/mol. The molecular formula is C15H23ClFN. The number of rotatable bonds is 6. The Morgan fingerprint density at radius 3 is 2.44 bits per heavy atom. The Morgan fingerprint density at radius 2 is 1.94 bits per heavy atom. The first-order valence-electron chi connectivity index (χ1n) is 6.65. The smallest absolute Gasteiger partial charge is 0.124 e. The van der Waals surface area contributed by atoms with Crippen LogP contribution in [0, 0.1) is 11.7 Å². The van der Waals surface area contributed by atoms with Gasteiger partial charge in [-0.25, -0.2) is 4.39 Å². The van der Waals surface area contributed by atoms with Crippen LogP contribution in [-0.4, -0.2) is 12.6 Å². The maximum Gasteiger partial charge on any atom is 0.124 e. The first-order chi connectivity index (χ1) is 8.47. The van der Waals surface area contributed by atoms with Crippen LogP contribution in [0.15, 0.2) is 18.2 Å². The predicted octanol–water partition coefficient (Wildman–Crippen LogP) is 4.61. The molecule has 0 radical (unpaired) electrons. The predicted molar refractivity (Wildman–Crippen MR) is 76.7 cm³/mol. The second-order valence-electron chi connectivity index (χ2n) is 5.18. The Hall–Kier alpha value is -0.600. The Morgan fingerprint density at radius 1 is 1.28 bits per heavy atom. The van der Waals surface area contributed by atoms with Gasteiger partial charge in [0.2, 0.25) is 0 Å². The lowest BCUT2D eigenvalue weighted by atomic mass is 9.86. The lowest BCUT2D eigenvalue weighted by Crippen LogP contribution is -2.38. The van der Waals surface area contributed by atoms with Crippen LogP contribution in [0.25, 0.3) is 0 Å². The van der Waals surface area contributed by atoms with Gasteiger partial charge in [0, 0.05) is 11.1 Å². The summed E-state index contributed by atoms with van der Waals surface area (Å²) in [5.41, 5.74) is 1.01. The topological polar surface area (TPSA) is 12.0 Å². The van der Waals surface area contributed by atoms with Crippen LogP contribution in [0.5, 0.6) is 0 Å². The molecule has 1 aromatic carbocycles. The zero-order chi connectivity index (χ0) is 13.7. The van der Waals surface area contributed by atoms with Gasteiger partial charge >= 0.3 is 0 Å². The summed E-state index contributed by atoms with van der Waals surface area (Å²) in [5, 5.41) is 4.08. The molecule has 1 rings (SSSR count). The minimum atomic E-state index is -0.279. The molecule has 102 valence electrons. The van der Waals surface area contributed by atoms with Crippen molar-refractivity contribution < 1.29 is 4.39 Å². The number of hydrogen-bond acceptors (Lipinski definition) is 1. The molecule has 2 atom stereocenters. The summed E-state index contributed by atoms with van der Waals surface area (Å²) in [6, 6.07) is 5.03. The van der Waals surface area contributed by atoms with E-state index in [1.165, 1.54) is 12.1 Å². The van der Waals surface area contributed by atoms with Gasteiger partial charge in [0.05, 0.1) is 0 Å². The van der Waals surface area contributed by atoms with Gasteiger partial charge in [0.25, 0.3) is 0 Å². The molecule has 0 aliphatic carbocycles. The number of halogens is 2. The molecule has 1 nitrogen and oxygen atoms in total. The van der Waals surface area contributed by atoms with Crippen molar-refractivity contribution in [3.05, 3.63) is 34.6 Å². The summed E-state index contributed by atoms with van der Waals surface area (Å²) in [6.07, 6.45) is 1.10. The van der Waals surface area contributed by atoms with E-state index in [4.69, 9.17) is 11.6 Å². The van der Waals surface area contributed by atoms with Crippen LogP contribution in [0.2, 0.25) is 5.02 Å². The fraction of sp³-hybridized carbons (Fsp3) is 0.600. The van der Waals surface area contributed by atoms with Gasteiger partial charge < -0.3 is 5.32 Å². The third kappa shape index (κ3) is 3.96. The van der Waals surface area contributed by atoms with Crippen LogP contribution in [-0.2, 0) is 0 Å². The zero-order valence-corrected chi connectivity index (χ0v) is 12.4. The highest BCUT2D eigenvalue weighted by Crippen LogP contribution is 2.30. The van der Waals surface area contributed by atoms with E-state index in [9.17, 15) is 4.39 Å². The van der Waals surface area contributed by atoms with Crippen molar-refractivity contribution in [2.24, 2.45) is 5.92 Å². The highest BCUT2D eigenvalue weighted by atomic mass is 35.5. The molecule has 1 aromatic rings. The molecule has 0 spiro atoms. The molecule has 18 heavy (non-hydrogen) atoms. The fourth-order valence-electron chi connectivity index (χ4n) is 2.37. The Bertz CT molecular complexity index is 379. The monoisotopic (exact) mass is 271 g/mol. The highest BCUT2D eigenvalue weighted by Gasteiger charge is 2.23. The maximum absolute atomic E-state index is 13.1. The van der Waals surface area contributed by atoms with Crippen molar-refractivity contribution in [2.45, 2.75) is 46.1 Å². The van der Waals surface area contributed by atoms with E-state index < -0.39 is 0 Å². The van der Waals surface area contributed by atoms with Crippen molar-refractivity contribution in [3.8, 4) is 0 Å². The molecule has 0 amide bonds. The van der Waals surface area contributed by atoms with Crippen molar-refractivity contribution >= 4 is 11.6 Å². The number of nitrogens with one attached hydrogen (secondary N) is 1. The summed E-state index contributed by atoms with van der Waals surface area (Å²) in [5.74, 6) is 0.496. The summed E-state index contributed by atoms with van der Waals surface area (Å²) in [7, 11) is 0. The third-order valence-corrected chi connectivity index (χ3v) is 3.67. The van der Waals surface area contributed by atoms with Crippen molar-refractivity contribution in [1.82, 2.24) is 5.32 Å². The van der Waals surface area contributed by atoms with Gasteiger partial charge in [-0.3, -0.25) is 0 Å². The lowest BCUT2D eigenvalue weighted by Gasteiger charge is -2.29. The summed E-state index contributed by atoms with van der Waals surface area (Å²) in [4.78, 5) is 0. The van der Waals surface area contributed by atoms with E-state index >= 15 is 0 Å². The SMILES string of the molecule is CCCNC(C(C)C)C(C)c1ccc(F)cc1Cl. The van der Waals surface area contributed by atoms with Gasteiger partial charge in [0.15, 0.2) is 0 Å². The van der Waals surface area contributed by atoms with E-state index in [1.807, 2.05) is 0 Å². The molecule has 0 aliphatic rings. The highest BCUT2D eigenvalue weighted by molar-refractivity contribution is 6.31. The lowest BCUT2D eigenvalue weighted by molar-refractivity contribution is 0.354. The first-order valence-corrected chi connectivity index (χ1v) is 7.03. The van der Waals surface area contributed by atoms with Gasteiger partial charge in [-0.05, 0) is 42.5 Å². The van der Waals surface area contributed by atoms with Crippen LogP contribution in [0.3, 0.4) is 0 Å². The summed E-state index contributed by atoms with van der Waals surface area (Å²) >= 11 is 6.14. The molecule has 0 heterocycles. The second kappa shape index (κ2) is 7.10. The minimum Gasteiger partial charge on any atom is -0.313 e. The Balaban J connectivity index is 2.90. The first kappa shape index (κ1) is 15.5. The van der Waals surface area contributed by atoms with Crippen molar-refractivity contribution in [2.75, 3.05) is 6.54 Å². The van der Waals surface area contributed by atoms with E-state index in [1.54, 1.807) is 6.07 Å². The van der Waals surface area contributed by atoms with Crippen molar-refractivity contribution in [1.29, 1.82) is 0 Å². The molecule has 0 aromatic heterocycles. The largest absolute Gasteiger partial charge is 0.313 e. The molecule has 0 fully saturated rings. The molecule has 0 aliphatic heterocycles. The quantitative estimate of drug-likeness (QED) is 0.797. The Labute approximate surface area is 115 Å². The average molecular weight is 272 g/mol. The van der Waals surface area contributed by atoms with E-state index in [0.717, 1.165) is 18.5 Å².